The van der Waals surface area contributed by atoms with Gasteiger partial charge >= 0.3 is 0 Å². The van der Waals surface area contributed by atoms with Crippen LogP contribution in [0.2, 0.25) is 0 Å². The van der Waals surface area contributed by atoms with Gasteiger partial charge in [0.25, 0.3) is 5.91 Å². The number of amides is 1. The van der Waals surface area contributed by atoms with Crippen molar-refractivity contribution >= 4 is 22.8 Å². The van der Waals surface area contributed by atoms with Crippen LogP contribution in [0.4, 0.5) is 10.3 Å². The lowest BCUT2D eigenvalue weighted by atomic mass is 10.2. The van der Waals surface area contributed by atoms with Crippen molar-refractivity contribution in [3.05, 3.63) is 48.2 Å². The maximum absolute atomic E-state index is 13.2. The van der Waals surface area contributed by atoms with Crippen LogP contribution in [0.5, 0.6) is 0 Å². The molecule has 0 aliphatic carbocycles. The summed E-state index contributed by atoms with van der Waals surface area (Å²) in [6.45, 7) is 0. The van der Waals surface area contributed by atoms with Gasteiger partial charge in [-0.2, -0.15) is 0 Å². The van der Waals surface area contributed by atoms with Gasteiger partial charge in [-0.1, -0.05) is 0 Å². The van der Waals surface area contributed by atoms with E-state index in [0.29, 0.717) is 17.0 Å². The Kier molecular flexibility index (Phi) is 2.56. The van der Waals surface area contributed by atoms with E-state index in [1.165, 1.54) is 12.1 Å². The van der Waals surface area contributed by atoms with Crippen LogP contribution in [0.3, 0.4) is 0 Å². The highest BCUT2D eigenvalue weighted by Gasteiger charge is 2.14. The van der Waals surface area contributed by atoms with Crippen LogP contribution in [0.15, 0.2) is 36.7 Å². The Labute approximate surface area is 108 Å². The number of aromatic amines is 1. The summed E-state index contributed by atoms with van der Waals surface area (Å²) in [6, 6.07) is 6.07. The molecule has 0 bridgehead atoms. The number of aryl methyl sites for hydroxylation is 1. The van der Waals surface area contributed by atoms with Crippen LogP contribution >= 0.6 is 0 Å². The first-order valence-electron chi connectivity index (χ1n) is 5.71. The average Bonchev–Trinajstić information content (AvgIpc) is 2.97. The number of rotatable bonds is 2. The molecule has 0 aliphatic heterocycles. The quantitative estimate of drug-likeness (QED) is 0.740. The predicted molar refractivity (Wildman–Crippen MR) is 69.4 cm³/mol. The highest BCUT2D eigenvalue weighted by Crippen LogP contribution is 2.20. The molecule has 0 saturated carbocycles. The van der Waals surface area contributed by atoms with Gasteiger partial charge in [-0.15, -0.1) is 0 Å². The minimum atomic E-state index is -0.323. The lowest BCUT2D eigenvalue weighted by Gasteiger charge is -2.03. The van der Waals surface area contributed by atoms with E-state index in [0.717, 1.165) is 5.52 Å². The van der Waals surface area contributed by atoms with E-state index in [2.05, 4.69) is 15.3 Å². The summed E-state index contributed by atoms with van der Waals surface area (Å²) < 4.78 is 14.9. The summed E-state index contributed by atoms with van der Waals surface area (Å²) in [4.78, 5) is 18.8. The van der Waals surface area contributed by atoms with Gasteiger partial charge in [-0.3, -0.25) is 10.1 Å². The van der Waals surface area contributed by atoms with Gasteiger partial charge in [0.2, 0.25) is 5.95 Å². The number of benzene rings is 1. The van der Waals surface area contributed by atoms with Crippen molar-refractivity contribution in [2.24, 2.45) is 7.05 Å². The second-order valence-corrected chi connectivity index (χ2v) is 4.18. The topological polar surface area (TPSA) is 62.7 Å². The molecular weight excluding hydrogens is 247 g/mol. The first kappa shape index (κ1) is 11.5. The molecule has 0 saturated heterocycles. The predicted octanol–water partition coefficient (Wildman–Crippen LogP) is 2.29. The summed E-state index contributed by atoms with van der Waals surface area (Å²) in [5, 5.41) is 3.32. The number of carbonyl (C=O) groups excluding carboxylic acids is 1. The minimum absolute atomic E-state index is 0.297. The molecule has 1 amide bonds. The molecule has 3 aromatic rings. The van der Waals surface area contributed by atoms with Gasteiger partial charge < -0.3 is 9.55 Å². The lowest BCUT2D eigenvalue weighted by Crippen LogP contribution is -2.16. The number of H-pyrrole nitrogens is 1. The monoisotopic (exact) mass is 258 g/mol. The number of aromatic nitrogens is 3. The zero-order chi connectivity index (χ0) is 13.4. The first-order valence-corrected chi connectivity index (χ1v) is 5.71. The molecule has 0 unspecified atom stereocenters. The fraction of sp³-hybridized carbons (Fsp3) is 0.0769. The Morgan fingerprint density at radius 3 is 3.00 bits per heavy atom. The molecule has 1 aromatic carbocycles. The van der Waals surface area contributed by atoms with E-state index in [1.807, 2.05) is 0 Å². The normalized spacial score (nSPS) is 10.8. The number of nitrogens with zero attached hydrogens (tertiary/aromatic N) is 2. The summed E-state index contributed by atoms with van der Waals surface area (Å²) in [6.07, 6.45) is 3.17. The maximum Gasteiger partial charge on any atom is 0.274 e. The van der Waals surface area contributed by atoms with Crippen LogP contribution in [0.25, 0.3) is 10.9 Å². The van der Waals surface area contributed by atoms with Crippen LogP contribution in [-0.2, 0) is 7.05 Å². The first-order chi connectivity index (χ1) is 9.15. The van der Waals surface area contributed by atoms with Crippen molar-refractivity contribution in [2.75, 3.05) is 5.32 Å². The molecule has 19 heavy (non-hydrogen) atoms. The Hall–Kier alpha value is -2.63. The molecule has 0 fully saturated rings. The Bertz CT molecular complexity index is 745. The van der Waals surface area contributed by atoms with Gasteiger partial charge in [-0.05, 0) is 24.3 Å². The summed E-state index contributed by atoms with van der Waals surface area (Å²) in [5.74, 6) is -0.244. The number of fused-ring (bicyclic) bond motifs is 1. The number of hydrogen-bond donors (Lipinski definition) is 2. The molecule has 0 spiro atoms. The lowest BCUT2D eigenvalue weighted by molar-refractivity contribution is 0.101. The number of hydrogen-bond acceptors (Lipinski definition) is 2. The number of imidazole rings is 1. The molecule has 0 atom stereocenters. The molecule has 6 heteroatoms. The number of anilines is 1. The van der Waals surface area contributed by atoms with E-state index in [1.54, 1.807) is 36.1 Å². The van der Waals surface area contributed by atoms with E-state index >= 15 is 0 Å². The van der Waals surface area contributed by atoms with Crippen molar-refractivity contribution in [1.82, 2.24) is 14.5 Å². The van der Waals surface area contributed by atoms with Crippen molar-refractivity contribution < 1.29 is 9.18 Å². The standard InChI is InChI=1S/C13H11FN4O/c1-18-10-3-2-9(14)6-8(10)7-11(18)12(19)17-13-15-4-5-16-13/h2-7H,1H3,(H2,15,16,17,19). The van der Waals surface area contributed by atoms with Crippen LogP contribution in [0, 0.1) is 5.82 Å². The minimum Gasteiger partial charge on any atom is -0.340 e. The fourth-order valence-electron chi connectivity index (χ4n) is 2.04. The SMILES string of the molecule is Cn1c(C(=O)Nc2ncc[nH]2)cc2cc(F)ccc21. The number of carbonyl (C=O) groups is 1. The van der Waals surface area contributed by atoms with Crippen molar-refractivity contribution in [2.45, 2.75) is 0 Å². The molecule has 2 heterocycles. The van der Waals surface area contributed by atoms with Crippen LogP contribution < -0.4 is 5.32 Å². The van der Waals surface area contributed by atoms with Gasteiger partial charge in [0, 0.05) is 30.3 Å². The summed E-state index contributed by atoms with van der Waals surface area (Å²) in [5.41, 5.74) is 1.24. The summed E-state index contributed by atoms with van der Waals surface area (Å²) >= 11 is 0. The molecule has 3 rings (SSSR count). The molecule has 5 nitrogen and oxygen atoms in total. The molecule has 96 valence electrons. The number of nitrogens with one attached hydrogen (secondary N) is 2. The Morgan fingerprint density at radius 2 is 2.26 bits per heavy atom. The van der Waals surface area contributed by atoms with Gasteiger partial charge in [0.15, 0.2) is 0 Å². The highest BCUT2D eigenvalue weighted by molar-refractivity contribution is 6.05. The van der Waals surface area contributed by atoms with Crippen LogP contribution in [0.1, 0.15) is 10.5 Å². The van der Waals surface area contributed by atoms with Gasteiger partial charge in [0.1, 0.15) is 11.5 Å². The van der Waals surface area contributed by atoms with Crippen molar-refractivity contribution in [1.29, 1.82) is 0 Å². The van der Waals surface area contributed by atoms with Crippen LogP contribution in [-0.4, -0.2) is 20.4 Å². The van der Waals surface area contributed by atoms with Crippen molar-refractivity contribution in [3.63, 3.8) is 0 Å². The molecule has 2 N–H and O–H groups in total. The average molecular weight is 258 g/mol. The third kappa shape index (κ3) is 1.97. The van der Waals surface area contributed by atoms with Gasteiger partial charge in [-0.25, -0.2) is 9.37 Å². The van der Waals surface area contributed by atoms with E-state index in [9.17, 15) is 9.18 Å². The third-order valence-electron chi connectivity index (χ3n) is 2.97. The third-order valence-corrected chi connectivity index (χ3v) is 2.97. The second-order valence-electron chi connectivity index (χ2n) is 4.18. The Morgan fingerprint density at radius 1 is 1.42 bits per heavy atom. The Balaban J connectivity index is 2.00. The number of halogens is 1. The zero-order valence-corrected chi connectivity index (χ0v) is 10.1. The zero-order valence-electron chi connectivity index (χ0n) is 10.1. The van der Waals surface area contributed by atoms with Crippen molar-refractivity contribution in [3.8, 4) is 0 Å². The summed E-state index contributed by atoms with van der Waals surface area (Å²) in [7, 11) is 1.76. The fourth-order valence-corrected chi connectivity index (χ4v) is 2.04. The highest BCUT2D eigenvalue weighted by atomic mass is 19.1. The molecule has 0 radical (unpaired) electrons. The second kappa shape index (κ2) is 4.24. The molecule has 0 aliphatic rings. The molecule has 2 aromatic heterocycles. The van der Waals surface area contributed by atoms with E-state index in [-0.39, 0.29) is 11.7 Å². The van der Waals surface area contributed by atoms with Gasteiger partial charge in [0.05, 0.1) is 0 Å². The molecular formula is C13H11FN4O. The smallest absolute Gasteiger partial charge is 0.274 e. The van der Waals surface area contributed by atoms with E-state index in [4.69, 9.17) is 0 Å². The van der Waals surface area contributed by atoms with E-state index < -0.39 is 0 Å². The maximum atomic E-state index is 13.2. The largest absolute Gasteiger partial charge is 0.340 e.